The summed E-state index contributed by atoms with van der Waals surface area (Å²) in [6, 6.07) is 7.01. The van der Waals surface area contributed by atoms with Gasteiger partial charge in [0, 0.05) is 49.5 Å². The quantitative estimate of drug-likeness (QED) is 0.504. The van der Waals surface area contributed by atoms with E-state index in [9.17, 15) is 22.8 Å². The van der Waals surface area contributed by atoms with Crippen LogP contribution in [0.4, 0.5) is 24.8 Å². The first-order valence-corrected chi connectivity index (χ1v) is 14.6. The van der Waals surface area contributed by atoms with E-state index >= 15 is 0 Å². The fourth-order valence-corrected chi connectivity index (χ4v) is 6.47. The molecule has 1 aromatic heterocycles. The molecule has 2 atom stereocenters. The van der Waals surface area contributed by atoms with Crippen molar-refractivity contribution < 1.29 is 22.8 Å². The topological polar surface area (TPSA) is 81.7 Å². The van der Waals surface area contributed by atoms with E-state index < -0.39 is 11.7 Å². The van der Waals surface area contributed by atoms with E-state index in [-0.39, 0.29) is 47.8 Å². The Morgan fingerprint density at radius 2 is 1.68 bits per heavy atom. The number of piperidine rings is 1. The number of alkyl halides is 3. The fraction of sp³-hybridized carbons (Fsp3) is 0.600. The third-order valence-electron chi connectivity index (χ3n) is 8.97. The lowest BCUT2D eigenvalue weighted by Gasteiger charge is -2.35. The molecular formula is C30H39F3N6O2. The number of halogens is 3. The molecule has 0 bridgehead atoms. The van der Waals surface area contributed by atoms with Crippen LogP contribution in [0.15, 0.2) is 30.5 Å². The summed E-state index contributed by atoms with van der Waals surface area (Å²) in [6.07, 6.45) is 2.36. The van der Waals surface area contributed by atoms with Crippen LogP contribution in [0.2, 0.25) is 0 Å². The number of carbonyl (C=O) groups excluding carboxylic acids is 2. The minimum absolute atomic E-state index is 0.0518. The highest BCUT2D eigenvalue weighted by atomic mass is 19.4. The average Bonchev–Trinajstić information content (AvgIpc) is 3.65. The predicted octanol–water partition coefficient (Wildman–Crippen LogP) is 4.99. The number of amides is 2. The van der Waals surface area contributed by atoms with Crippen LogP contribution in [0.25, 0.3) is 0 Å². The molecule has 0 spiro atoms. The first-order valence-electron chi connectivity index (χ1n) is 14.6. The molecule has 0 radical (unpaired) electrons. The van der Waals surface area contributed by atoms with E-state index in [1.807, 2.05) is 11.9 Å². The summed E-state index contributed by atoms with van der Waals surface area (Å²) < 4.78 is 41.7. The molecule has 8 nitrogen and oxygen atoms in total. The van der Waals surface area contributed by atoms with Crippen molar-refractivity contribution in [2.24, 2.45) is 11.8 Å². The van der Waals surface area contributed by atoms with Crippen molar-refractivity contribution in [3.05, 3.63) is 47.3 Å². The molecule has 1 aromatic carbocycles. The van der Waals surface area contributed by atoms with Gasteiger partial charge in [0.1, 0.15) is 0 Å². The molecule has 1 N–H and O–H groups in total. The standard InChI is InChI=1S/C30H39F3N6O2/c1-37-16-12-23(13-17-37)38(2)27(40)20-8-10-22(11-9-20)35-29-34-19-25(30(31,32)33)26(36-29)18-21-6-5-7-24(21)28(41)39-14-3-4-15-39/h8-11,19,21,23-24H,3-7,12-18H2,1-2H3,(H,34,35,36)/t21-,24-/m0/s1. The molecule has 2 aliphatic heterocycles. The maximum absolute atomic E-state index is 13.9. The Balaban J connectivity index is 1.28. The van der Waals surface area contributed by atoms with E-state index in [4.69, 9.17) is 0 Å². The van der Waals surface area contributed by atoms with Crippen LogP contribution in [-0.4, -0.2) is 82.8 Å². The van der Waals surface area contributed by atoms with E-state index in [2.05, 4.69) is 27.2 Å². The SMILES string of the molecule is CN1CCC(N(C)C(=O)c2ccc(Nc3ncc(C(F)(F)F)c(C[C@@H]4CCC[C@@H]4C(=O)N4CCCC4)n3)cc2)CC1. The van der Waals surface area contributed by atoms with Gasteiger partial charge in [-0.25, -0.2) is 9.97 Å². The Bertz CT molecular complexity index is 1220. The molecule has 5 rings (SSSR count). The number of rotatable bonds is 7. The smallest absolute Gasteiger partial charge is 0.342 e. The lowest BCUT2D eigenvalue weighted by molar-refractivity contribution is -0.138. The molecule has 3 fully saturated rings. The molecule has 0 unspecified atom stereocenters. The monoisotopic (exact) mass is 572 g/mol. The Morgan fingerprint density at radius 3 is 2.34 bits per heavy atom. The number of aromatic nitrogens is 2. The molecule has 2 aromatic rings. The molecule has 2 amide bonds. The normalized spacial score (nSPS) is 22.2. The van der Waals surface area contributed by atoms with Crippen molar-refractivity contribution in [3.8, 4) is 0 Å². The van der Waals surface area contributed by atoms with Gasteiger partial charge in [0.2, 0.25) is 11.9 Å². The first-order chi connectivity index (χ1) is 19.6. The summed E-state index contributed by atoms with van der Waals surface area (Å²) in [7, 11) is 3.91. The number of anilines is 2. The highest BCUT2D eigenvalue weighted by Crippen LogP contribution is 2.39. The van der Waals surface area contributed by atoms with E-state index in [0.717, 1.165) is 64.5 Å². The van der Waals surface area contributed by atoms with Crippen LogP contribution in [0.5, 0.6) is 0 Å². The molecule has 11 heteroatoms. The molecule has 1 aliphatic carbocycles. The number of carbonyl (C=O) groups is 2. The fourth-order valence-electron chi connectivity index (χ4n) is 6.47. The van der Waals surface area contributed by atoms with Crippen LogP contribution in [-0.2, 0) is 17.4 Å². The molecule has 222 valence electrons. The number of nitrogens with zero attached hydrogens (tertiary/aromatic N) is 5. The number of nitrogens with one attached hydrogen (secondary N) is 1. The number of hydrogen-bond acceptors (Lipinski definition) is 6. The molecule has 41 heavy (non-hydrogen) atoms. The van der Waals surface area contributed by atoms with Crippen molar-refractivity contribution in [2.75, 3.05) is 45.6 Å². The highest BCUT2D eigenvalue weighted by Gasteiger charge is 2.40. The van der Waals surface area contributed by atoms with Gasteiger partial charge in [-0.2, -0.15) is 13.2 Å². The van der Waals surface area contributed by atoms with Crippen LogP contribution >= 0.6 is 0 Å². The van der Waals surface area contributed by atoms with Crippen molar-refractivity contribution >= 4 is 23.5 Å². The van der Waals surface area contributed by atoms with Crippen LogP contribution in [0.3, 0.4) is 0 Å². The summed E-state index contributed by atoms with van der Waals surface area (Å²) in [5.74, 6) is -0.385. The minimum Gasteiger partial charge on any atom is -0.342 e. The van der Waals surface area contributed by atoms with Gasteiger partial charge in [-0.1, -0.05) is 6.42 Å². The van der Waals surface area contributed by atoms with Gasteiger partial charge in [-0.3, -0.25) is 9.59 Å². The van der Waals surface area contributed by atoms with Gasteiger partial charge in [-0.05, 0) is 95.3 Å². The van der Waals surface area contributed by atoms with Crippen LogP contribution in [0.1, 0.15) is 66.6 Å². The van der Waals surface area contributed by atoms with Gasteiger partial charge >= 0.3 is 6.18 Å². The zero-order chi connectivity index (χ0) is 29.1. The maximum atomic E-state index is 13.9. The van der Waals surface area contributed by atoms with Crippen molar-refractivity contribution in [3.63, 3.8) is 0 Å². The summed E-state index contributed by atoms with van der Waals surface area (Å²) in [5, 5.41) is 3.00. The van der Waals surface area contributed by atoms with Crippen molar-refractivity contribution in [1.82, 2.24) is 24.7 Å². The summed E-state index contributed by atoms with van der Waals surface area (Å²) in [4.78, 5) is 40.3. The number of likely N-dealkylation sites (tertiary alicyclic amines) is 2. The number of hydrogen-bond donors (Lipinski definition) is 1. The maximum Gasteiger partial charge on any atom is 0.419 e. The van der Waals surface area contributed by atoms with Gasteiger partial charge in [0.15, 0.2) is 0 Å². The lowest BCUT2D eigenvalue weighted by Crippen LogP contribution is -2.44. The molecular weight excluding hydrogens is 533 g/mol. The Kier molecular flexibility index (Phi) is 8.82. The van der Waals surface area contributed by atoms with Gasteiger partial charge in [-0.15, -0.1) is 0 Å². The second-order valence-corrected chi connectivity index (χ2v) is 11.7. The second kappa shape index (κ2) is 12.3. The van der Waals surface area contributed by atoms with E-state index in [0.29, 0.717) is 24.1 Å². The summed E-state index contributed by atoms with van der Waals surface area (Å²) in [6.45, 7) is 3.37. The molecule has 3 aliphatic rings. The van der Waals surface area contributed by atoms with E-state index in [1.165, 1.54) is 0 Å². The number of benzene rings is 1. The molecule has 2 saturated heterocycles. The zero-order valence-electron chi connectivity index (χ0n) is 23.8. The lowest BCUT2D eigenvalue weighted by atomic mass is 9.89. The van der Waals surface area contributed by atoms with E-state index in [1.54, 1.807) is 29.2 Å². The largest absolute Gasteiger partial charge is 0.419 e. The summed E-state index contributed by atoms with van der Waals surface area (Å²) in [5.41, 5.74) is 0.158. The summed E-state index contributed by atoms with van der Waals surface area (Å²) >= 11 is 0. The predicted molar refractivity (Wildman–Crippen MR) is 150 cm³/mol. The molecule has 1 saturated carbocycles. The minimum atomic E-state index is -4.59. The Hall–Kier alpha value is -3.21. The third-order valence-corrected chi connectivity index (χ3v) is 8.97. The highest BCUT2D eigenvalue weighted by molar-refractivity contribution is 5.94. The zero-order valence-corrected chi connectivity index (χ0v) is 23.8. The van der Waals surface area contributed by atoms with Crippen LogP contribution in [0, 0.1) is 11.8 Å². The first kappa shape index (κ1) is 29.3. The van der Waals surface area contributed by atoms with Crippen LogP contribution < -0.4 is 5.32 Å². The molecule has 3 heterocycles. The average molecular weight is 573 g/mol. The van der Waals surface area contributed by atoms with Crippen molar-refractivity contribution in [1.29, 1.82) is 0 Å². The second-order valence-electron chi connectivity index (χ2n) is 11.7. The Morgan fingerprint density at radius 1 is 1.00 bits per heavy atom. The Labute approximate surface area is 239 Å². The third kappa shape index (κ3) is 6.82. The van der Waals surface area contributed by atoms with Gasteiger partial charge < -0.3 is 20.0 Å². The van der Waals surface area contributed by atoms with Crippen molar-refractivity contribution in [2.45, 2.75) is 63.6 Å². The van der Waals surface area contributed by atoms with Gasteiger partial charge in [0.05, 0.1) is 11.3 Å². The van der Waals surface area contributed by atoms with Gasteiger partial charge in [0.25, 0.3) is 5.91 Å².